The van der Waals surface area contributed by atoms with Crippen LogP contribution in [0.5, 0.6) is 0 Å². The number of sulfone groups is 1. The van der Waals surface area contributed by atoms with Crippen LogP contribution in [0.1, 0.15) is 5.69 Å². The van der Waals surface area contributed by atoms with Crippen molar-refractivity contribution in [1.82, 2.24) is 4.57 Å². The van der Waals surface area contributed by atoms with E-state index >= 15 is 0 Å². The summed E-state index contributed by atoms with van der Waals surface area (Å²) >= 11 is 1.73. The predicted octanol–water partition coefficient (Wildman–Crippen LogP) is 5.58. The molecule has 2 heterocycles. The second-order valence-electron chi connectivity index (χ2n) is 6.52. The number of benzene rings is 2. The van der Waals surface area contributed by atoms with Crippen molar-refractivity contribution >= 4 is 21.2 Å². The van der Waals surface area contributed by atoms with Gasteiger partial charge in [-0.3, -0.25) is 0 Å². The summed E-state index contributed by atoms with van der Waals surface area (Å²) in [6.07, 6.45) is 1.23. The smallest absolute Gasteiger partial charge is 0.175 e. The van der Waals surface area contributed by atoms with E-state index in [0.29, 0.717) is 4.90 Å². The molecule has 0 unspecified atom stereocenters. The van der Waals surface area contributed by atoms with E-state index in [9.17, 15) is 8.42 Å². The summed E-state index contributed by atoms with van der Waals surface area (Å²) in [7, 11) is -3.19. The van der Waals surface area contributed by atoms with E-state index < -0.39 is 9.84 Å². The fourth-order valence-corrected chi connectivity index (χ4v) is 4.56. The molecular formula is C22H19NO2S2. The zero-order valence-corrected chi connectivity index (χ0v) is 16.7. The van der Waals surface area contributed by atoms with Gasteiger partial charge >= 0.3 is 0 Å². The van der Waals surface area contributed by atoms with E-state index in [-0.39, 0.29) is 0 Å². The molecule has 4 aromatic rings. The summed E-state index contributed by atoms with van der Waals surface area (Å²) in [5, 5.41) is 2.08. The van der Waals surface area contributed by atoms with Gasteiger partial charge in [0.25, 0.3) is 0 Å². The van der Waals surface area contributed by atoms with Gasteiger partial charge in [-0.2, -0.15) is 0 Å². The van der Waals surface area contributed by atoms with Gasteiger partial charge in [-0.25, -0.2) is 8.42 Å². The summed E-state index contributed by atoms with van der Waals surface area (Å²) in [6, 6.07) is 23.9. The van der Waals surface area contributed by atoms with Crippen LogP contribution < -0.4 is 0 Å². The highest BCUT2D eigenvalue weighted by Gasteiger charge is 2.12. The minimum Gasteiger partial charge on any atom is -0.314 e. The molecule has 0 N–H and O–H groups in total. The van der Waals surface area contributed by atoms with Crippen LogP contribution in [-0.2, 0) is 9.84 Å². The van der Waals surface area contributed by atoms with Crippen molar-refractivity contribution in [3.05, 3.63) is 83.9 Å². The Bertz CT molecular complexity index is 1170. The molecule has 4 rings (SSSR count). The lowest BCUT2D eigenvalue weighted by Gasteiger charge is -2.13. The second-order valence-corrected chi connectivity index (χ2v) is 9.48. The number of hydrogen-bond donors (Lipinski definition) is 0. The Morgan fingerprint density at radius 3 is 2.07 bits per heavy atom. The summed E-state index contributed by atoms with van der Waals surface area (Å²) in [5.41, 5.74) is 5.44. The number of rotatable bonds is 4. The van der Waals surface area contributed by atoms with Crippen LogP contribution in [0, 0.1) is 6.92 Å². The summed E-state index contributed by atoms with van der Waals surface area (Å²) in [4.78, 5) is 1.59. The predicted molar refractivity (Wildman–Crippen MR) is 112 cm³/mol. The molecular weight excluding hydrogens is 374 g/mol. The largest absolute Gasteiger partial charge is 0.314 e. The lowest BCUT2D eigenvalue weighted by atomic mass is 10.1. The molecule has 0 bridgehead atoms. The quantitative estimate of drug-likeness (QED) is 0.454. The molecule has 0 saturated carbocycles. The average Bonchev–Trinajstić information content (AvgIpc) is 3.31. The van der Waals surface area contributed by atoms with Crippen molar-refractivity contribution in [3.63, 3.8) is 0 Å². The van der Waals surface area contributed by atoms with Crippen molar-refractivity contribution in [2.45, 2.75) is 11.8 Å². The third-order valence-electron chi connectivity index (χ3n) is 4.59. The Labute approximate surface area is 163 Å². The zero-order valence-electron chi connectivity index (χ0n) is 15.1. The molecule has 136 valence electrons. The van der Waals surface area contributed by atoms with Crippen molar-refractivity contribution in [3.8, 4) is 27.4 Å². The van der Waals surface area contributed by atoms with Crippen molar-refractivity contribution in [2.24, 2.45) is 0 Å². The molecule has 0 saturated heterocycles. The Morgan fingerprint density at radius 1 is 0.815 bits per heavy atom. The first-order valence-electron chi connectivity index (χ1n) is 8.57. The Morgan fingerprint density at radius 2 is 1.48 bits per heavy atom. The van der Waals surface area contributed by atoms with Crippen molar-refractivity contribution in [2.75, 3.05) is 6.26 Å². The van der Waals surface area contributed by atoms with Crippen LogP contribution in [0.4, 0.5) is 0 Å². The molecule has 0 radical (unpaired) electrons. The molecule has 0 aliphatic carbocycles. The van der Waals surface area contributed by atoms with E-state index in [1.165, 1.54) is 16.7 Å². The van der Waals surface area contributed by atoms with Crippen LogP contribution in [0.3, 0.4) is 0 Å². The molecule has 5 heteroatoms. The van der Waals surface area contributed by atoms with Gasteiger partial charge in [0, 0.05) is 22.5 Å². The van der Waals surface area contributed by atoms with Gasteiger partial charge in [-0.15, -0.1) is 11.3 Å². The number of nitrogens with zero attached hydrogens (tertiary/aromatic N) is 1. The SMILES string of the molecule is Cc1ccc(-c2ccc(S(C)(=O)=O)cc2)n1-c1ccc(-c2cccs2)cc1. The topological polar surface area (TPSA) is 39.1 Å². The molecule has 2 aromatic carbocycles. The van der Waals surface area contributed by atoms with Gasteiger partial charge in [0.1, 0.15) is 0 Å². The Balaban J connectivity index is 1.74. The maximum atomic E-state index is 11.7. The lowest BCUT2D eigenvalue weighted by molar-refractivity contribution is 0.602. The third-order valence-corrected chi connectivity index (χ3v) is 6.63. The highest BCUT2D eigenvalue weighted by atomic mass is 32.2. The van der Waals surface area contributed by atoms with Crippen LogP contribution in [0.15, 0.2) is 83.1 Å². The summed E-state index contributed by atoms with van der Waals surface area (Å²) < 4.78 is 25.6. The normalized spacial score (nSPS) is 11.6. The second kappa shape index (κ2) is 6.83. The first-order chi connectivity index (χ1) is 12.9. The average molecular weight is 394 g/mol. The molecule has 0 fully saturated rings. The summed E-state index contributed by atoms with van der Waals surface area (Å²) in [6.45, 7) is 2.07. The minimum atomic E-state index is -3.19. The third kappa shape index (κ3) is 3.48. The summed E-state index contributed by atoms with van der Waals surface area (Å²) in [5.74, 6) is 0. The Kier molecular flexibility index (Phi) is 4.50. The molecule has 2 aromatic heterocycles. The molecule has 27 heavy (non-hydrogen) atoms. The lowest BCUT2D eigenvalue weighted by Crippen LogP contribution is -2.00. The van der Waals surface area contributed by atoms with E-state index in [4.69, 9.17) is 0 Å². The van der Waals surface area contributed by atoms with Crippen molar-refractivity contribution < 1.29 is 8.42 Å². The van der Waals surface area contributed by atoms with Gasteiger partial charge in [0.2, 0.25) is 0 Å². The molecule has 0 aliphatic heterocycles. The van der Waals surface area contributed by atoms with E-state index in [0.717, 1.165) is 22.6 Å². The molecule has 0 aliphatic rings. The van der Waals surface area contributed by atoms with E-state index in [1.807, 2.05) is 12.1 Å². The van der Waals surface area contributed by atoms with Crippen LogP contribution in [0.2, 0.25) is 0 Å². The highest BCUT2D eigenvalue weighted by Crippen LogP contribution is 2.30. The number of aryl methyl sites for hydroxylation is 1. The molecule has 0 spiro atoms. The van der Waals surface area contributed by atoms with Gasteiger partial charge in [0.05, 0.1) is 10.6 Å². The van der Waals surface area contributed by atoms with Gasteiger partial charge in [-0.1, -0.05) is 30.3 Å². The maximum Gasteiger partial charge on any atom is 0.175 e. The van der Waals surface area contributed by atoms with Crippen LogP contribution in [-0.4, -0.2) is 19.2 Å². The standard InChI is InChI=1S/C22H19NO2S2/c1-16-5-14-21(17-8-12-20(13-9-17)27(2,24)25)23(16)19-10-6-18(7-11-19)22-4-3-15-26-22/h3-15H,1-2H3. The number of thiophene rings is 1. The van der Waals surface area contributed by atoms with Crippen LogP contribution >= 0.6 is 11.3 Å². The first-order valence-corrected chi connectivity index (χ1v) is 11.3. The van der Waals surface area contributed by atoms with Gasteiger partial charge in [-0.05, 0) is 65.9 Å². The van der Waals surface area contributed by atoms with Crippen molar-refractivity contribution in [1.29, 1.82) is 0 Å². The Hall–Kier alpha value is -2.63. The van der Waals surface area contributed by atoms with Crippen LogP contribution in [0.25, 0.3) is 27.4 Å². The molecule has 3 nitrogen and oxygen atoms in total. The van der Waals surface area contributed by atoms with Gasteiger partial charge < -0.3 is 4.57 Å². The highest BCUT2D eigenvalue weighted by molar-refractivity contribution is 7.90. The first kappa shape index (κ1) is 17.8. The number of aromatic nitrogens is 1. The molecule has 0 atom stereocenters. The minimum absolute atomic E-state index is 0.335. The van der Waals surface area contributed by atoms with E-state index in [1.54, 1.807) is 23.5 Å². The zero-order chi connectivity index (χ0) is 19.0. The van der Waals surface area contributed by atoms with E-state index in [2.05, 4.69) is 65.4 Å². The number of hydrogen-bond acceptors (Lipinski definition) is 3. The maximum absolute atomic E-state index is 11.7. The fourth-order valence-electron chi connectivity index (χ4n) is 3.20. The monoisotopic (exact) mass is 393 g/mol. The molecule has 0 amide bonds. The van der Waals surface area contributed by atoms with Gasteiger partial charge in [0.15, 0.2) is 9.84 Å². The fraction of sp³-hybridized carbons (Fsp3) is 0.0909.